The van der Waals surface area contributed by atoms with Crippen molar-refractivity contribution in [3.8, 4) is 22.8 Å². The highest BCUT2D eigenvalue weighted by Crippen LogP contribution is 2.35. The molecule has 2 aromatic heterocycles. The van der Waals surface area contributed by atoms with Crippen molar-refractivity contribution in [2.45, 2.75) is 24.9 Å². The molecule has 4 heterocycles. The molecule has 2 aliphatic heterocycles. The Morgan fingerprint density at radius 1 is 0.912 bits per heavy atom. The number of hydrogen-bond donors (Lipinski definition) is 2. The van der Waals surface area contributed by atoms with Gasteiger partial charge in [-0.05, 0) is 61.4 Å². The minimum Gasteiger partial charge on any atom is -0.457 e. The fourth-order valence-electron chi connectivity index (χ4n) is 4.80. The lowest BCUT2D eigenvalue weighted by Gasteiger charge is -2.42. The summed E-state index contributed by atoms with van der Waals surface area (Å²) in [6.45, 7) is 4.29. The average molecular weight is 460 g/mol. The average Bonchev–Trinajstić information content (AvgIpc) is 3.22. The predicted molar refractivity (Wildman–Crippen MR) is 128 cm³/mol. The molecule has 2 aromatic carbocycles. The number of aromatic nitrogens is 4. The molecule has 4 aromatic rings. The minimum atomic E-state index is -0.296. The summed E-state index contributed by atoms with van der Waals surface area (Å²) in [5.74, 6) is 1.36. The van der Waals surface area contributed by atoms with Gasteiger partial charge in [0.25, 0.3) is 0 Å². The van der Waals surface area contributed by atoms with Crippen molar-refractivity contribution in [3.05, 3.63) is 60.7 Å². The smallest absolute Gasteiger partial charge is 0.164 e. The number of anilines is 1. The first-order chi connectivity index (χ1) is 16.7. The second kappa shape index (κ2) is 8.66. The zero-order chi connectivity index (χ0) is 23.1. The number of nitrogens with two attached hydrogens (primary N) is 1. The van der Waals surface area contributed by atoms with Crippen molar-refractivity contribution in [2.24, 2.45) is 0 Å². The lowest BCUT2D eigenvalue weighted by molar-refractivity contribution is 0.0990. The molecule has 0 spiro atoms. The van der Waals surface area contributed by atoms with Crippen LogP contribution in [0, 0.1) is 5.82 Å². The number of rotatable bonds is 5. The maximum atomic E-state index is 13.1. The Labute approximate surface area is 196 Å². The molecular formula is C25H26FN7O. The summed E-state index contributed by atoms with van der Waals surface area (Å²) in [4.78, 5) is 11.4. The Morgan fingerprint density at radius 3 is 2.24 bits per heavy atom. The second-order valence-electron chi connectivity index (χ2n) is 8.91. The van der Waals surface area contributed by atoms with Crippen molar-refractivity contribution < 1.29 is 9.13 Å². The minimum absolute atomic E-state index is 0.274. The highest BCUT2D eigenvalue weighted by Gasteiger charge is 2.31. The van der Waals surface area contributed by atoms with Crippen molar-refractivity contribution >= 4 is 16.9 Å². The van der Waals surface area contributed by atoms with Crippen LogP contribution >= 0.6 is 0 Å². The van der Waals surface area contributed by atoms with Crippen LogP contribution < -0.4 is 15.8 Å². The number of nitrogen functional groups attached to an aromatic ring is 1. The molecule has 2 saturated heterocycles. The van der Waals surface area contributed by atoms with E-state index in [-0.39, 0.29) is 11.9 Å². The van der Waals surface area contributed by atoms with Gasteiger partial charge in [-0.3, -0.25) is 4.90 Å². The normalized spacial score (nSPS) is 17.7. The largest absolute Gasteiger partial charge is 0.457 e. The lowest BCUT2D eigenvalue weighted by atomic mass is 10.0. The van der Waals surface area contributed by atoms with Crippen LogP contribution in [0.15, 0.2) is 54.9 Å². The number of fused-ring (bicyclic) bond motifs is 1. The van der Waals surface area contributed by atoms with E-state index in [0.717, 1.165) is 61.3 Å². The number of benzene rings is 2. The predicted octanol–water partition coefficient (Wildman–Crippen LogP) is 3.62. The third-order valence-electron chi connectivity index (χ3n) is 6.82. The maximum Gasteiger partial charge on any atom is 0.164 e. The van der Waals surface area contributed by atoms with Gasteiger partial charge in [0.15, 0.2) is 5.65 Å². The Balaban J connectivity index is 1.28. The van der Waals surface area contributed by atoms with Crippen molar-refractivity contribution in [1.82, 2.24) is 30.0 Å². The molecule has 0 amide bonds. The molecule has 0 atom stereocenters. The number of nitrogens with one attached hydrogen (secondary N) is 1. The van der Waals surface area contributed by atoms with Crippen molar-refractivity contribution in [3.63, 3.8) is 0 Å². The monoisotopic (exact) mass is 459 g/mol. The molecule has 174 valence electrons. The highest BCUT2D eigenvalue weighted by molar-refractivity contribution is 5.98. The second-order valence-corrected chi connectivity index (χ2v) is 8.91. The van der Waals surface area contributed by atoms with Gasteiger partial charge in [-0.25, -0.2) is 19.0 Å². The molecular weight excluding hydrogens is 433 g/mol. The Kier molecular flexibility index (Phi) is 5.35. The number of likely N-dealkylation sites (tertiary alicyclic amines) is 1. The van der Waals surface area contributed by atoms with Crippen LogP contribution in [0.3, 0.4) is 0 Å². The summed E-state index contributed by atoms with van der Waals surface area (Å²) in [5.41, 5.74) is 8.75. The van der Waals surface area contributed by atoms with E-state index in [9.17, 15) is 4.39 Å². The summed E-state index contributed by atoms with van der Waals surface area (Å²) >= 11 is 0. The van der Waals surface area contributed by atoms with Crippen LogP contribution in [0.1, 0.15) is 18.9 Å². The van der Waals surface area contributed by atoms with Gasteiger partial charge in [-0.15, -0.1) is 0 Å². The van der Waals surface area contributed by atoms with Crippen LogP contribution in [0.2, 0.25) is 0 Å². The van der Waals surface area contributed by atoms with Gasteiger partial charge < -0.3 is 15.8 Å². The lowest BCUT2D eigenvalue weighted by Crippen LogP contribution is -2.58. The molecule has 6 rings (SSSR count). The SMILES string of the molecule is Nc1ncnc2c1c(-c1ccc(Oc3ccc(F)cc3)cc1)nn2C1CCN(C2CNC2)CC1. The molecule has 2 fully saturated rings. The molecule has 9 heteroatoms. The van der Waals surface area contributed by atoms with Crippen LogP contribution in [-0.2, 0) is 0 Å². The number of nitrogens with zero attached hydrogens (tertiary/aromatic N) is 5. The Morgan fingerprint density at radius 2 is 1.59 bits per heavy atom. The zero-order valence-corrected chi connectivity index (χ0v) is 18.7. The number of ether oxygens (including phenoxy) is 1. The van der Waals surface area contributed by atoms with E-state index in [2.05, 4.69) is 20.2 Å². The fourth-order valence-corrected chi connectivity index (χ4v) is 4.80. The van der Waals surface area contributed by atoms with Gasteiger partial charge in [0, 0.05) is 37.8 Å². The molecule has 3 N–H and O–H groups in total. The topological polar surface area (TPSA) is 94.1 Å². The third kappa shape index (κ3) is 3.86. The number of piperidine rings is 1. The highest BCUT2D eigenvalue weighted by atomic mass is 19.1. The van der Waals surface area contributed by atoms with E-state index >= 15 is 0 Å². The summed E-state index contributed by atoms with van der Waals surface area (Å²) < 4.78 is 21.0. The first-order valence-corrected chi connectivity index (χ1v) is 11.6. The van der Waals surface area contributed by atoms with Gasteiger partial charge in [0.2, 0.25) is 0 Å². The van der Waals surface area contributed by atoms with Crippen LogP contribution in [0.25, 0.3) is 22.3 Å². The molecule has 8 nitrogen and oxygen atoms in total. The first-order valence-electron chi connectivity index (χ1n) is 11.6. The molecule has 34 heavy (non-hydrogen) atoms. The molecule has 2 aliphatic rings. The van der Waals surface area contributed by atoms with Gasteiger partial charge in [-0.2, -0.15) is 5.10 Å². The summed E-state index contributed by atoms with van der Waals surface area (Å²) in [6, 6.07) is 14.5. The maximum absolute atomic E-state index is 13.1. The molecule has 0 radical (unpaired) electrons. The molecule has 0 bridgehead atoms. The molecule has 0 aliphatic carbocycles. The van der Waals surface area contributed by atoms with E-state index in [0.29, 0.717) is 23.4 Å². The standard InChI is InChI=1S/C25H26FN7O/c26-17-3-7-21(8-4-17)34-20-5-1-16(2-6-20)23-22-24(27)29-15-30-25(22)33(31-23)18-9-11-32(12-10-18)19-13-28-14-19/h1-8,15,18-19,28H,9-14H2,(H2,27,29,30). The van der Waals surface area contributed by atoms with Gasteiger partial charge in [0.05, 0.1) is 11.4 Å². The van der Waals surface area contributed by atoms with Gasteiger partial charge in [0.1, 0.15) is 35.2 Å². The van der Waals surface area contributed by atoms with Crippen LogP contribution in [0.5, 0.6) is 11.5 Å². The summed E-state index contributed by atoms with van der Waals surface area (Å²) in [6.07, 6.45) is 3.57. The number of hydrogen-bond acceptors (Lipinski definition) is 7. The van der Waals surface area contributed by atoms with E-state index in [4.69, 9.17) is 15.6 Å². The summed E-state index contributed by atoms with van der Waals surface area (Å²) in [5, 5.41) is 9.13. The van der Waals surface area contributed by atoms with Crippen LogP contribution in [-0.4, -0.2) is 56.9 Å². The third-order valence-corrected chi connectivity index (χ3v) is 6.82. The fraction of sp³-hybridized carbons (Fsp3) is 0.320. The van der Waals surface area contributed by atoms with E-state index in [1.165, 1.54) is 18.5 Å². The van der Waals surface area contributed by atoms with Crippen molar-refractivity contribution in [2.75, 3.05) is 31.9 Å². The van der Waals surface area contributed by atoms with Gasteiger partial charge in [-0.1, -0.05) is 0 Å². The van der Waals surface area contributed by atoms with E-state index in [1.807, 2.05) is 28.9 Å². The zero-order valence-electron chi connectivity index (χ0n) is 18.7. The van der Waals surface area contributed by atoms with Crippen LogP contribution in [0.4, 0.5) is 10.2 Å². The van der Waals surface area contributed by atoms with Crippen molar-refractivity contribution in [1.29, 1.82) is 0 Å². The molecule has 0 unspecified atom stereocenters. The van der Waals surface area contributed by atoms with E-state index in [1.54, 1.807) is 12.1 Å². The first kappa shape index (κ1) is 21.0. The Bertz CT molecular complexity index is 1290. The Hall–Kier alpha value is -3.56. The van der Waals surface area contributed by atoms with Gasteiger partial charge >= 0.3 is 0 Å². The number of halogens is 1. The van der Waals surface area contributed by atoms with E-state index < -0.39 is 0 Å². The molecule has 0 saturated carbocycles. The quantitative estimate of drug-likeness (QED) is 0.471. The summed E-state index contributed by atoms with van der Waals surface area (Å²) in [7, 11) is 0.